The molecule has 1 heterocycles. The van der Waals surface area contributed by atoms with Gasteiger partial charge in [0.15, 0.2) is 5.69 Å². The van der Waals surface area contributed by atoms with E-state index in [0.29, 0.717) is 12.3 Å². The number of H-pyrrole nitrogens is 1. The SMILES string of the molecule is CCOC(=O)c1n[nH]nc1-c1ccc(-c2ccc(C)c(C)c2)cc1. The third-order valence-corrected chi connectivity index (χ3v) is 4.02. The summed E-state index contributed by atoms with van der Waals surface area (Å²) in [5, 5.41) is 10.5. The van der Waals surface area contributed by atoms with E-state index in [1.807, 2.05) is 24.3 Å². The van der Waals surface area contributed by atoms with Gasteiger partial charge < -0.3 is 4.74 Å². The van der Waals surface area contributed by atoms with Crippen LogP contribution in [0.2, 0.25) is 0 Å². The maximum Gasteiger partial charge on any atom is 0.361 e. The third-order valence-electron chi connectivity index (χ3n) is 4.02. The Bertz CT molecular complexity index is 867. The highest BCUT2D eigenvalue weighted by atomic mass is 16.5. The average Bonchev–Trinajstić information content (AvgIpc) is 3.07. The first-order chi connectivity index (χ1) is 11.6. The lowest BCUT2D eigenvalue weighted by Crippen LogP contribution is -2.06. The van der Waals surface area contributed by atoms with Gasteiger partial charge in [-0.1, -0.05) is 42.5 Å². The minimum atomic E-state index is -0.473. The Hall–Kier alpha value is -2.95. The van der Waals surface area contributed by atoms with Crippen LogP contribution in [0.25, 0.3) is 22.4 Å². The van der Waals surface area contributed by atoms with E-state index in [9.17, 15) is 4.79 Å². The molecule has 2 aromatic carbocycles. The molecule has 5 nitrogen and oxygen atoms in total. The zero-order valence-corrected chi connectivity index (χ0v) is 14.0. The predicted octanol–water partition coefficient (Wildman–Crippen LogP) is 3.93. The van der Waals surface area contributed by atoms with E-state index < -0.39 is 5.97 Å². The molecule has 0 bridgehead atoms. The van der Waals surface area contributed by atoms with E-state index in [2.05, 4.69) is 47.5 Å². The van der Waals surface area contributed by atoms with E-state index >= 15 is 0 Å². The van der Waals surface area contributed by atoms with Crippen LogP contribution in [0.1, 0.15) is 28.5 Å². The Morgan fingerprint density at radius 2 is 1.62 bits per heavy atom. The highest BCUT2D eigenvalue weighted by Gasteiger charge is 2.18. The van der Waals surface area contributed by atoms with Gasteiger partial charge in [-0.05, 0) is 43.0 Å². The second kappa shape index (κ2) is 6.66. The number of hydrogen-bond donors (Lipinski definition) is 1. The number of carbonyl (C=O) groups excluding carboxylic acids is 1. The van der Waals surface area contributed by atoms with E-state index in [1.165, 1.54) is 11.1 Å². The monoisotopic (exact) mass is 321 g/mol. The number of carbonyl (C=O) groups is 1. The minimum absolute atomic E-state index is 0.204. The standard InChI is InChI=1S/C19H19N3O2/c1-4-24-19(23)18-17(20-22-21-18)15-9-7-14(8-10-15)16-6-5-12(2)13(3)11-16/h5-11H,4H2,1-3H3,(H,20,21,22). The first kappa shape index (κ1) is 15.9. The normalized spacial score (nSPS) is 10.6. The van der Waals surface area contributed by atoms with Gasteiger partial charge in [0.1, 0.15) is 5.69 Å². The molecule has 0 spiro atoms. The molecule has 0 fully saturated rings. The number of aromatic nitrogens is 3. The molecule has 0 saturated carbocycles. The molecular formula is C19H19N3O2. The van der Waals surface area contributed by atoms with E-state index in [4.69, 9.17) is 4.74 Å². The molecule has 0 unspecified atom stereocenters. The van der Waals surface area contributed by atoms with E-state index in [1.54, 1.807) is 6.92 Å². The van der Waals surface area contributed by atoms with Gasteiger partial charge in [0.2, 0.25) is 0 Å². The van der Waals surface area contributed by atoms with Gasteiger partial charge in [0.05, 0.1) is 6.61 Å². The number of aromatic amines is 1. The third kappa shape index (κ3) is 3.06. The molecule has 3 rings (SSSR count). The summed E-state index contributed by atoms with van der Waals surface area (Å²) >= 11 is 0. The molecule has 122 valence electrons. The van der Waals surface area contributed by atoms with E-state index in [0.717, 1.165) is 16.7 Å². The largest absolute Gasteiger partial charge is 0.461 e. The van der Waals surface area contributed by atoms with Crippen molar-refractivity contribution in [2.75, 3.05) is 6.61 Å². The van der Waals surface area contributed by atoms with Crippen LogP contribution in [0, 0.1) is 13.8 Å². The second-order valence-electron chi connectivity index (χ2n) is 5.62. The number of nitrogens with one attached hydrogen (secondary N) is 1. The number of hydrogen-bond acceptors (Lipinski definition) is 4. The van der Waals surface area contributed by atoms with Crippen LogP contribution in [-0.2, 0) is 4.74 Å². The molecule has 0 aliphatic carbocycles. The number of aryl methyl sites for hydroxylation is 2. The van der Waals surface area contributed by atoms with Crippen LogP contribution in [0.3, 0.4) is 0 Å². The fraction of sp³-hybridized carbons (Fsp3) is 0.211. The van der Waals surface area contributed by atoms with Gasteiger partial charge in [-0.2, -0.15) is 10.3 Å². The topological polar surface area (TPSA) is 67.9 Å². The van der Waals surface area contributed by atoms with Crippen molar-refractivity contribution < 1.29 is 9.53 Å². The Morgan fingerprint density at radius 1 is 0.958 bits per heavy atom. The smallest absolute Gasteiger partial charge is 0.361 e. The number of esters is 1. The van der Waals surface area contributed by atoms with Gasteiger partial charge in [0.25, 0.3) is 0 Å². The zero-order valence-electron chi connectivity index (χ0n) is 14.0. The molecule has 0 aliphatic rings. The lowest BCUT2D eigenvalue weighted by atomic mass is 9.99. The second-order valence-corrected chi connectivity index (χ2v) is 5.62. The molecule has 5 heteroatoms. The van der Waals surface area contributed by atoms with Crippen molar-refractivity contribution in [3.63, 3.8) is 0 Å². The molecule has 0 aliphatic heterocycles. The van der Waals surface area contributed by atoms with Gasteiger partial charge in [-0.25, -0.2) is 4.79 Å². The van der Waals surface area contributed by atoms with Gasteiger partial charge in [-0.15, -0.1) is 5.10 Å². The molecule has 1 N–H and O–H groups in total. The predicted molar refractivity (Wildman–Crippen MR) is 92.7 cm³/mol. The summed E-state index contributed by atoms with van der Waals surface area (Å²) in [5.41, 5.74) is 6.34. The molecular weight excluding hydrogens is 302 g/mol. The molecule has 0 amide bonds. The molecule has 1 aromatic heterocycles. The molecule has 3 aromatic rings. The van der Waals surface area contributed by atoms with Crippen LogP contribution in [-0.4, -0.2) is 28.0 Å². The van der Waals surface area contributed by atoms with Crippen molar-refractivity contribution in [1.82, 2.24) is 15.4 Å². The molecule has 0 atom stereocenters. The van der Waals surface area contributed by atoms with Crippen molar-refractivity contribution in [3.05, 3.63) is 59.3 Å². The van der Waals surface area contributed by atoms with Crippen molar-refractivity contribution in [1.29, 1.82) is 0 Å². The van der Waals surface area contributed by atoms with Crippen molar-refractivity contribution in [2.45, 2.75) is 20.8 Å². The summed E-state index contributed by atoms with van der Waals surface area (Å²) < 4.78 is 5.00. The summed E-state index contributed by atoms with van der Waals surface area (Å²) in [6.45, 7) is 6.27. The Labute approximate surface area is 140 Å². The van der Waals surface area contributed by atoms with Crippen LogP contribution >= 0.6 is 0 Å². The average molecular weight is 321 g/mol. The Balaban J connectivity index is 1.91. The minimum Gasteiger partial charge on any atom is -0.461 e. The first-order valence-corrected chi connectivity index (χ1v) is 7.86. The van der Waals surface area contributed by atoms with E-state index in [-0.39, 0.29) is 5.69 Å². The fourth-order valence-electron chi connectivity index (χ4n) is 2.52. The van der Waals surface area contributed by atoms with Crippen molar-refractivity contribution in [3.8, 4) is 22.4 Å². The van der Waals surface area contributed by atoms with Crippen LogP contribution in [0.5, 0.6) is 0 Å². The Kier molecular flexibility index (Phi) is 4.42. The lowest BCUT2D eigenvalue weighted by Gasteiger charge is -2.07. The van der Waals surface area contributed by atoms with Crippen molar-refractivity contribution in [2.24, 2.45) is 0 Å². The van der Waals surface area contributed by atoms with Crippen LogP contribution < -0.4 is 0 Å². The first-order valence-electron chi connectivity index (χ1n) is 7.86. The summed E-state index contributed by atoms with van der Waals surface area (Å²) in [5.74, 6) is -0.473. The Morgan fingerprint density at radius 3 is 2.29 bits per heavy atom. The molecule has 0 saturated heterocycles. The number of benzene rings is 2. The summed E-state index contributed by atoms with van der Waals surface area (Å²) in [4.78, 5) is 11.9. The summed E-state index contributed by atoms with van der Waals surface area (Å²) in [7, 11) is 0. The highest BCUT2D eigenvalue weighted by molar-refractivity contribution is 5.94. The quantitative estimate of drug-likeness (QED) is 0.739. The lowest BCUT2D eigenvalue weighted by molar-refractivity contribution is 0.0520. The summed E-state index contributed by atoms with van der Waals surface area (Å²) in [6.07, 6.45) is 0. The summed E-state index contributed by atoms with van der Waals surface area (Å²) in [6, 6.07) is 14.3. The van der Waals surface area contributed by atoms with Crippen LogP contribution in [0.4, 0.5) is 0 Å². The van der Waals surface area contributed by atoms with Gasteiger partial charge in [-0.3, -0.25) is 0 Å². The van der Waals surface area contributed by atoms with Gasteiger partial charge >= 0.3 is 5.97 Å². The zero-order chi connectivity index (χ0) is 17.1. The number of rotatable bonds is 4. The molecule has 24 heavy (non-hydrogen) atoms. The highest BCUT2D eigenvalue weighted by Crippen LogP contribution is 2.26. The fourth-order valence-corrected chi connectivity index (χ4v) is 2.52. The van der Waals surface area contributed by atoms with Gasteiger partial charge in [0, 0.05) is 5.56 Å². The maximum absolute atomic E-state index is 11.9. The number of ether oxygens (including phenoxy) is 1. The molecule has 0 radical (unpaired) electrons. The van der Waals surface area contributed by atoms with Crippen LogP contribution in [0.15, 0.2) is 42.5 Å². The maximum atomic E-state index is 11.9. The van der Waals surface area contributed by atoms with Crippen molar-refractivity contribution >= 4 is 5.97 Å². The number of nitrogens with zero attached hydrogens (tertiary/aromatic N) is 2.